The number of nitrogens with one attached hydrogen (secondary N) is 1. The van der Waals surface area contributed by atoms with E-state index in [0.717, 1.165) is 0 Å². The summed E-state index contributed by atoms with van der Waals surface area (Å²) in [6, 6.07) is 0. The van der Waals surface area contributed by atoms with Crippen LogP contribution in [0.3, 0.4) is 0 Å². The highest BCUT2D eigenvalue weighted by Gasteiger charge is 2.37. The molecule has 0 aromatic carbocycles. The Balaban J connectivity index is 3.27. The quantitative estimate of drug-likeness (QED) is 0.767. The van der Waals surface area contributed by atoms with Gasteiger partial charge in [-0.05, 0) is 14.1 Å². The highest BCUT2D eigenvalue weighted by Crippen LogP contribution is 2.42. The largest absolute Gasteiger partial charge is 0.376 e. The van der Waals surface area contributed by atoms with Crippen molar-refractivity contribution in [3.8, 4) is 0 Å². The molecule has 4 nitrogen and oxygen atoms in total. The lowest BCUT2D eigenvalue weighted by molar-refractivity contribution is 0.335. The minimum absolute atomic E-state index is 0.187. The molecule has 0 amide bonds. The van der Waals surface area contributed by atoms with Crippen molar-refractivity contribution >= 4 is 7.71 Å². The first-order valence-electron chi connectivity index (χ1n) is 5.29. The predicted octanol–water partition coefficient (Wildman–Crippen LogP) is 1.98. The topological polar surface area (TPSA) is 33.6 Å². The van der Waals surface area contributed by atoms with Crippen LogP contribution in [0.5, 0.6) is 0 Å². The van der Waals surface area contributed by atoms with Gasteiger partial charge in [-0.15, -0.1) is 5.16 Å². The molecule has 16 heavy (non-hydrogen) atoms. The summed E-state index contributed by atoms with van der Waals surface area (Å²) < 4.78 is 0. The van der Waals surface area contributed by atoms with Gasteiger partial charge in [0.2, 0.25) is 5.78 Å². The molecule has 1 heterocycles. The highest BCUT2D eigenvalue weighted by atomic mass is 31.1. The van der Waals surface area contributed by atoms with E-state index in [9.17, 15) is 0 Å². The van der Waals surface area contributed by atoms with Crippen molar-refractivity contribution in [2.75, 3.05) is 42.3 Å². The first-order chi connectivity index (χ1) is 7.36. The summed E-state index contributed by atoms with van der Waals surface area (Å²) in [7, 11) is 11.4. The Bertz CT molecular complexity index is 342. The molecule has 0 saturated heterocycles. The molecule has 0 aromatic rings. The third-order valence-corrected chi connectivity index (χ3v) is 4.32. The summed E-state index contributed by atoms with van der Waals surface area (Å²) in [5, 5.41) is 8.17. The number of nitrogens with zero attached hydrogens (tertiary/aromatic N) is 3. The zero-order chi connectivity index (χ0) is 12.5. The summed E-state index contributed by atoms with van der Waals surface area (Å²) >= 11 is 0. The molecule has 2 atom stereocenters. The zero-order valence-corrected chi connectivity index (χ0v) is 11.9. The van der Waals surface area contributed by atoms with Gasteiger partial charge in [0.15, 0.2) is 0 Å². The van der Waals surface area contributed by atoms with E-state index in [0.29, 0.717) is 0 Å². The molecular weight excluding hydrogens is 219 g/mol. The van der Waals surface area contributed by atoms with E-state index >= 15 is 0 Å². The van der Waals surface area contributed by atoms with Crippen molar-refractivity contribution in [1.82, 2.24) is 14.7 Å². The Hall–Kier alpha value is -0.860. The molecule has 0 saturated carbocycles. The third-order valence-electron chi connectivity index (χ3n) is 2.62. The Kier molecular flexibility index (Phi) is 4.11. The van der Waals surface area contributed by atoms with Crippen molar-refractivity contribution < 1.29 is 0 Å². The first-order valence-corrected chi connectivity index (χ1v) is 6.77. The molecule has 0 aromatic heterocycles. The molecule has 1 aliphatic heterocycles. The van der Waals surface area contributed by atoms with Gasteiger partial charge in [0.25, 0.3) is 7.71 Å². The van der Waals surface area contributed by atoms with Crippen molar-refractivity contribution in [3.05, 3.63) is 23.3 Å². The molecule has 90 valence electrons. The molecule has 5 heteroatoms. The third kappa shape index (κ3) is 2.45. The maximum atomic E-state index is 8.17. The Morgan fingerprint density at radius 2 is 1.62 bits per heavy atom. The van der Waals surface area contributed by atoms with E-state index in [1.54, 1.807) is 0 Å². The van der Waals surface area contributed by atoms with Gasteiger partial charge in [0, 0.05) is 34.3 Å². The fourth-order valence-electron chi connectivity index (χ4n) is 1.91. The molecule has 0 bridgehead atoms. The van der Waals surface area contributed by atoms with Crippen molar-refractivity contribution in [2.24, 2.45) is 0 Å². The monoisotopic (exact) mass is 241 g/mol. The second-order valence-electron chi connectivity index (χ2n) is 4.62. The molecule has 1 N–H and O–H groups in total. The van der Waals surface area contributed by atoms with Crippen LogP contribution >= 0.6 is 7.71 Å². The van der Waals surface area contributed by atoms with Crippen molar-refractivity contribution in [1.29, 1.82) is 5.16 Å². The summed E-state index contributed by atoms with van der Waals surface area (Å²) in [6.07, 6.45) is 2.08. The predicted molar refractivity (Wildman–Crippen MR) is 70.7 cm³/mol. The lowest BCUT2D eigenvalue weighted by Gasteiger charge is -2.31. The van der Waals surface area contributed by atoms with Crippen LogP contribution in [-0.4, -0.2) is 62.8 Å². The van der Waals surface area contributed by atoms with E-state index in [1.807, 2.05) is 34.0 Å². The van der Waals surface area contributed by atoms with Gasteiger partial charge >= 0.3 is 0 Å². The molecular formula is C11H22N4P+. The zero-order valence-electron chi connectivity index (χ0n) is 11.0. The van der Waals surface area contributed by atoms with Crippen LogP contribution in [0.25, 0.3) is 0 Å². The number of hydrogen-bond donors (Lipinski definition) is 1. The maximum Gasteiger partial charge on any atom is 0.252 e. The second-order valence-corrected chi connectivity index (χ2v) is 6.22. The summed E-state index contributed by atoms with van der Waals surface area (Å²) in [5.74, 6) is 2.22. The van der Waals surface area contributed by atoms with Crippen LogP contribution in [0, 0.1) is 5.16 Å². The Labute approximate surface area is 99.5 Å². The average molecular weight is 241 g/mol. The van der Waals surface area contributed by atoms with E-state index in [-0.39, 0.29) is 5.78 Å². The van der Waals surface area contributed by atoms with Crippen LogP contribution in [0.15, 0.2) is 23.3 Å². The standard InChI is InChI=1S/C11H22N4P/c1-13(2)9-7-8-16(12)11(15(5)6)10(9)14(3)4/h7-8,11-12H,1-6H3/q+1. The average Bonchev–Trinajstić information content (AvgIpc) is 2.15. The normalized spacial score (nSPS) is 22.9. The summed E-state index contributed by atoms with van der Waals surface area (Å²) in [6.45, 7) is 0. The smallest absolute Gasteiger partial charge is 0.252 e. The van der Waals surface area contributed by atoms with Gasteiger partial charge in [0.05, 0.1) is 5.70 Å². The van der Waals surface area contributed by atoms with Gasteiger partial charge in [-0.25, -0.2) is 0 Å². The molecule has 1 aliphatic rings. The number of likely N-dealkylation sites (N-methyl/N-ethyl adjacent to an activating group) is 3. The van der Waals surface area contributed by atoms with Gasteiger partial charge in [-0.3, -0.25) is 4.90 Å². The minimum atomic E-state index is -0.849. The van der Waals surface area contributed by atoms with E-state index < -0.39 is 7.71 Å². The van der Waals surface area contributed by atoms with Gasteiger partial charge in [0.1, 0.15) is 11.5 Å². The van der Waals surface area contributed by atoms with Gasteiger partial charge in [-0.2, -0.15) is 0 Å². The van der Waals surface area contributed by atoms with Gasteiger partial charge in [-0.1, -0.05) is 0 Å². The molecule has 0 spiro atoms. The summed E-state index contributed by atoms with van der Waals surface area (Å²) in [4.78, 5) is 6.39. The summed E-state index contributed by atoms with van der Waals surface area (Å²) in [5.41, 5.74) is 2.44. The lowest BCUT2D eigenvalue weighted by atomic mass is 10.2. The fourth-order valence-corrected chi connectivity index (χ4v) is 3.50. The minimum Gasteiger partial charge on any atom is -0.376 e. The second kappa shape index (κ2) is 4.98. The lowest BCUT2D eigenvalue weighted by Crippen LogP contribution is -2.36. The Morgan fingerprint density at radius 1 is 1.06 bits per heavy atom. The van der Waals surface area contributed by atoms with E-state index in [1.165, 1.54) is 11.4 Å². The van der Waals surface area contributed by atoms with Crippen molar-refractivity contribution in [3.63, 3.8) is 0 Å². The van der Waals surface area contributed by atoms with Crippen LogP contribution in [0.2, 0.25) is 0 Å². The fraction of sp³-hybridized carbons (Fsp3) is 0.636. The molecule has 0 aliphatic carbocycles. The SMILES string of the molecule is CN(C)C1=C(N(C)C)C(N(C)C)[P+](=N)C=C1. The maximum absolute atomic E-state index is 8.17. The highest BCUT2D eigenvalue weighted by molar-refractivity contribution is 7.50. The first kappa shape index (κ1) is 13.2. The van der Waals surface area contributed by atoms with Gasteiger partial charge < -0.3 is 9.80 Å². The van der Waals surface area contributed by atoms with Crippen LogP contribution < -0.4 is 0 Å². The van der Waals surface area contributed by atoms with Crippen LogP contribution in [-0.2, 0) is 0 Å². The molecule has 2 unspecified atom stereocenters. The number of allylic oxidation sites excluding steroid dienone is 1. The Morgan fingerprint density at radius 3 is 2.00 bits per heavy atom. The van der Waals surface area contributed by atoms with Crippen molar-refractivity contribution in [2.45, 2.75) is 5.78 Å². The number of rotatable bonds is 3. The van der Waals surface area contributed by atoms with E-state index in [2.05, 4.69) is 34.9 Å². The van der Waals surface area contributed by atoms with Crippen LogP contribution in [0.1, 0.15) is 0 Å². The molecule has 0 radical (unpaired) electrons. The van der Waals surface area contributed by atoms with Crippen LogP contribution in [0.4, 0.5) is 0 Å². The molecule has 1 rings (SSSR count). The van der Waals surface area contributed by atoms with E-state index in [4.69, 9.17) is 5.16 Å². The molecule has 0 fully saturated rings. The number of hydrogen-bond acceptors (Lipinski definition) is 4.